The Morgan fingerprint density at radius 2 is 1.66 bits per heavy atom. The molecule has 0 bridgehead atoms. The fourth-order valence-electron chi connectivity index (χ4n) is 2.66. The number of anilines is 1. The first kappa shape index (κ1) is 20.7. The number of aromatic nitrogens is 2. The molecule has 0 saturated carbocycles. The fourth-order valence-corrected chi connectivity index (χ4v) is 3.10. The van der Waals surface area contributed by atoms with Gasteiger partial charge in [-0.3, -0.25) is 9.59 Å². The zero-order valence-electron chi connectivity index (χ0n) is 15.8. The van der Waals surface area contributed by atoms with Crippen LogP contribution in [0.2, 0.25) is 10.0 Å². The van der Waals surface area contributed by atoms with E-state index >= 15 is 0 Å². The van der Waals surface area contributed by atoms with Crippen molar-refractivity contribution in [2.24, 2.45) is 7.05 Å². The van der Waals surface area contributed by atoms with E-state index in [0.717, 1.165) is 4.68 Å². The van der Waals surface area contributed by atoms with E-state index in [1.807, 2.05) is 0 Å². The van der Waals surface area contributed by atoms with Crippen LogP contribution in [0.5, 0.6) is 11.5 Å². The van der Waals surface area contributed by atoms with Crippen molar-refractivity contribution in [1.29, 1.82) is 0 Å². The third-order valence-electron chi connectivity index (χ3n) is 4.19. The van der Waals surface area contributed by atoms with Gasteiger partial charge in [0.2, 0.25) is 0 Å². The van der Waals surface area contributed by atoms with E-state index in [4.69, 9.17) is 32.7 Å². The lowest BCUT2D eigenvalue weighted by atomic mass is 10.1. The minimum Gasteiger partial charge on any atom is -0.493 e. The van der Waals surface area contributed by atoms with E-state index in [2.05, 4.69) is 10.4 Å². The lowest BCUT2D eigenvalue weighted by Gasteiger charge is -2.11. The molecule has 1 heterocycles. The Morgan fingerprint density at radius 3 is 2.28 bits per heavy atom. The predicted octanol–water partition coefficient (Wildman–Crippen LogP) is 4.02. The van der Waals surface area contributed by atoms with E-state index in [1.54, 1.807) is 42.5 Å². The van der Waals surface area contributed by atoms with Gasteiger partial charge in [-0.2, -0.15) is 5.10 Å². The van der Waals surface area contributed by atoms with Gasteiger partial charge < -0.3 is 14.8 Å². The molecule has 0 radical (unpaired) electrons. The van der Waals surface area contributed by atoms with Gasteiger partial charge in [-0.05, 0) is 30.3 Å². The van der Waals surface area contributed by atoms with Crippen molar-refractivity contribution in [3.05, 3.63) is 68.4 Å². The molecule has 29 heavy (non-hydrogen) atoms. The maximum atomic E-state index is 12.5. The van der Waals surface area contributed by atoms with Crippen molar-refractivity contribution in [2.75, 3.05) is 19.5 Å². The van der Waals surface area contributed by atoms with Gasteiger partial charge in [0.15, 0.2) is 11.5 Å². The average Bonchev–Trinajstić information content (AvgIpc) is 2.74. The van der Waals surface area contributed by atoms with Crippen molar-refractivity contribution in [2.45, 2.75) is 0 Å². The lowest BCUT2D eigenvalue weighted by molar-refractivity contribution is 0.102. The number of amides is 1. The number of benzene rings is 2. The Hall–Kier alpha value is -3.03. The Kier molecular flexibility index (Phi) is 6.10. The predicted molar refractivity (Wildman–Crippen MR) is 112 cm³/mol. The summed E-state index contributed by atoms with van der Waals surface area (Å²) in [7, 11) is 4.52. The zero-order valence-corrected chi connectivity index (χ0v) is 17.3. The highest BCUT2D eigenvalue weighted by molar-refractivity contribution is 6.43. The number of carbonyl (C=O) groups excluding carboxylic acids is 1. The summed E-state index contributed by atoms with van der Waals surface area (Å²) in [4.78, 5) is 24.3. The van der Waals surface area contributed by atoms with Gasteiger partial charge in [0.05, 0.1) is 19.2 Å². The third kappa shape index (κ3) is 4.21. The quantitative estimate of drug-likeness (QED) is 0.656. The molecule has 0 unspecified atom stereocenters. The molecule has 0 saturated heterocycles. The number of hydrogen-bond donors (Lipinski definition) is 1. The number of methoxy groups -OCH3 is 2. The highest BCUT2D eigenvalue weighted by Gasteiger charge is 2.15. The van der Waals surface area contributed by atoms with E-state index < -0.39 is 5.56 Å². The summed E-state index contributed by atoms with van der Waals surface area (Å²) in [5, 5.41) is 6.94. The first-order valence-corrected chi connectivity index (χ1v) is 9.17. The first-order valence-electron chi connectivity index (χ1n) is 8.41. The number of aryl methyl sites for hydroxylation is 1. The van der Waals surface area contributed by atoms with Gasteiger partial charge in [0.25, 0.3) is 11.5 Å². The second-order valence-electron chi connectivity index (χ2n) is 6.01. The van der Waals surface area contributed by atoms with Crippen LogP contribution in [0.4, 0.5) is 5.69 Å². The van der Waals surface area contributed by atoms with Crippen LogP contribution in [0.15, 0.2) is 47.3 Å². The molecule has 1 amide bonds. The molecule has 2 aromatic carbocycles. The molecule has 150 valence electrons. The van der Waals surface area contributed by atoms with Gasteiger partial charge in [0, 0.05) is 23.9 Å². The third-order valence-corrected chi connectivity index (χ3v) is 5.01. The number of halogens is 2. The van der Waals surface area contributed by atoms with Crippen LogP contribution in [-0.4, -0.2) is 29.9 Å². The van der Waals surface area contributed by atoms with Gasteiger partial charge in [-0.15, -0.1) is 0 Å². The first-order chi connectivity index (χ1) is 13.8. The molecule has 7 nitrogen and oxygen atoms in total. The molecule has 3 aromatic rings. The number of carbonyl (C=O) groups is 1. The van der Waals surface area contributed by atoms with Crippen LogP contribution in [0.3, 0.4) is 0 Å². The molecule has 0 fully saturated rings. The summed E-state index contributed by atoms with van der Waals surface area (Å²) in [5.74, 6) is 0.691. The van der Waals surface area contributed by atoms with Gasteiger partial charge >= 0.3 is 0 Å². The normalized spacial score (nSPS) is 10.5. The summed E-state index contributed by atoms with van der Waals surface area (Å²) < 4.78 is 11.5. The van der Waals surface area contributed by atoms with E-state index in [9.17, 15) is 9.59 Å². The Bertz CT molecular complexity index is 1130. The van der Waals surface area contributed by atoms with Crippen LogP contribution in [0, 0.1) is 0 Å². The number of hydrogen-bond acceptors (Lipinski definition) is 5. The highest BCUT2D eigenvalue weighted by Crippen LogP contribution is 2.30. The average molecular weight is 434 g/mol. The topological polar surface area (TPSA) is 82.5 Å². The standard InChI is InChI=1S/C20H17Cl2N3O4/c1-25-20(27)17(22)16(21)18(24-25)11-4-7-13(8-5-11)23-19(26)12-6-9-14(28-2)15(10-12)29-3/h4-10H,1-3H3,(H,23,26). The van der Waals surface area contributed by atoms with E-state index in [0.29, 0.717) is 34.0 Å². The van der Waals surface area contributed by atoms with Gasteiger partial charge in [-0.1, -0.05) is 35.3 Å². The number of ether oxygens (including phenoxy) is 2. The lowest BCUT2D eigenvalue weighted by Crippen LogP contribution is -2.21. The Labute approximate surface area is 176 Å². The fraction of sp³-hybridized carbons (Fsp3) is 0.150. The van der Waals surface area contributed by atoms with Crippen LogP contribution in [0.25, 0.3) is 11.3 Å². The SMILES string of the molecule is COc1ccc(C(=O)Nc2ccc(-c3nn(C)c(=O)c(Cl)c3Cl)cc2)cc1OC. The van der Waals surface area contributed by atoms with Crippen molar-refractivity contribution in [1.82, 2.24) is 9.78 Å². The number of rotatable bonds is 5. The minimum absolute atomic E-state index is 0.0804. The van der Waals surface area contributed by atoms with Crippen molar-refractivity contribution >= 4 is 34.8 Å². The maximum absolute atomic E-state index is 12.5. The van der Waals surface area contributed by atoms with E-state index in [-0.39, 0.29) is 16.0 Å². The molecule has 0 atom stereocenters. The highest BCUT2D eigenvalue weighted by atomic mass is 35.5. The van der Waals surface area contributed by atoms with Crippen molar-refractivity contribution in [3.63, 3.8) is 0 Å². The minimum atomic E-state index is -0.473. The zero-order chi connectivity index (χ0) is 21.1. The molecule has 0 aliphatic heterocycles. The van der Waals surface area contributed by atoms with Crippen LogP contribution < -0.4 is 20.3 Å². The summed E-state index contributed by atoms with van der Waals surface area (Å²) in [5.41, 5.74) is 1.54. The molecule has 1 N–H and O–H groups in total. The summed E-state index contributed by atoms with van der Waals surface area (Å²) in [6.07, 6.45) is 0. The van der Waals surface area contributed by atoms with Crippen LogP contribution >= 0.6 is 23.2 Å². The molecular formula is C20H17Cl2N3O4. The molecule has 9 heteroatoms. The monoisotopic (exact) mass is 433 g/mol. The smallest absolute Gasteiger partial charge is 0.286 e. The molecule has 0 spiro atoms. The maximum Gasteiger partial charge on any atom is 0.286 e. The Morgan fingerprint density at radius 1 is 1.00 bits per heavy atom. The van der Waals surface area contributed by atoms with Crippen LogP contribution in [-0.2, 0) is 7.05 Å². The second-order valence-corrected chi connectivity index (χ2v) is 6.76. The number of nitrogens with one attached hydrogen (secondary N) is 1. The largest absolute Gasteiger partial charge is 0.493 e. The molecule has 0 aliphatic rings. The summed E-state index contributed by atoms with van der Waals surface area (Å²) in [6, 6.07) is 11.7. The summed E-state index contributed by atoms with van der Waals surface area (Å²) >= 11 is 12.1. The van der Waals surface area contributed by atoms with Gasteiger partial charge in [0.1, 0.15) is 10.7 Å². The summed E-state index contributed by atoms with van der Waals surface area (Å²) in [6.45, 7) is 0. The van der Waals surface area contributed by atoms with Crippen molar-refractivity contribution < 1.29 is 14.3 Å². The number of nitrogens with zero attached hydrogens (tertiary/aromatic N) is 2. The van der Waals surface area contributed by atoms with Crippen molar-refractivity contribution in [3.8, 4) is 22.8 Å². The van der Waals surface area contributed by atoms with Crippen LogP contribution in [0.1, 0.15) is 10.4 Å². The molecule has 1 aromatic heterocycles. The molecular weight excluding hydrogens is 417 g/mol. The molecule has 0 aliphatic carbocycles. The Balaban J connectivity index is 1.83. The molecule has 3 rings (SSSR count). The van der Waals surface area contributed by atoms with E-state index in [1.165, 1.54) is 21.3 Å². The van der Waals surface area contributed by atoms with Gasteiger partial charge in [-0.25, -0.2) is 4.68 Å². The second kappa shape index (κ2) is 8.55.